The van der Waals surface area contributed by atoms with Gasteiger partial charge in [-0.3, -0.25) is 19.3 Å². The normalized spacial score (nSPS) is 15.5. The van der Waals surface area contributed by atoms with Crippen LogP contribution in [0, 0.1) is 6.92 Å². The summed E-state index contributed by atoms with van der Waals surface area (Å²) in [7, 11) is 0. The van der Waals surface area contributed by atoms with Crippen LogP contribution in [0.15, 0.2) is 63.9 Å². The van der Waals surface area contributed by atoms with Crippen LogP contribution < -0.4 is 5.32 Å². The fourth-order valence-corrected chi connectivity index (χ4v) is 4.01. The van der Waals surface area contributed by atoms with Crippen LogP contribution in [-0.2, 0) is 4.79 Å². The topological polar surface area (TPSA) is 79.6 Å². The summed E-state index contributed by atoms with van der Waals surface area (Å²) < 4.78 is 5.64. The van der Waals surface area contributed by atoms with Gasteiger partial charge in [-0.2, -0.15) is 0 Å². The molecule has 3 amide bonds. The number of hydrogen-bond donors (Lipinski definition) is 1. The number of carbonyl (C=O) groups is 3. The standard InChI is InChI=1S/C22H18N2O4S/c1-14-16-9-5-6-10-17(16)28-19(14)20(25)23-11-12-24-21(26)18(29-22(24)27)13-15-7-3-2-4-8-15/h2-10,13H,11-12H2,1H3,(H,23,25)/b18-13-. The number of nitrogens with zero attached hydrogens (tertiary/aromatic N) is 1. The molecule has 7 heteroatoms. The molecule has 29 heavy (non-hydrogen) atoms. The Morgan fingerprint density at radius 1 is 1.10 bits per heavy atom. The SMILES string of the molecule is Cc1c(C(=O)NCCN2C(=O)S/C(=C\c3ccccc3)C2=O)oc2ccccc12. The van der Waals surface area contributed by atoms with Crippen molar-refractivity contribution >= 4 is 45.9 Å². The van der Waals surface area contributed by atoms with Gasteiger partial charge in [-0.05, 0) is 36.4 Å². The lowest BCUT2D eigenvalue weighted by molar-refractivity contribution is -0.122. The van der Waals surface area contributed by atoms with Gasteiger partial charge in [-0.15, -0.1) is 0 Å². The molecule has 0 aliphatic carbocycles. The summed E-state index contributed by atoms with van der Waals surface area (Å²) in [5, 5.41) is 3.27. The highest BCUT2D eigenvalue weighted by atomic mass is 32.2. The van der Waals surface area contributed by atoms with Gasteiger partial charge in [0.15, 0.2) is 5.76 Å². The largest absolute Gasteiger partial charge is 0.451 e. The van der Waals surface area contributed by atoms with Crippen molar-refractivity contribution < 1.29 is 18.8 Å². The van der Waals surface area contributed by atoms with E-state index in [9.17, 15) is 14.4 Å². The third-order valence-electron chi connectivity index (χ3n) is 4.64. The second-order valence-corrected chi connectivity index (χ2v) is 7.55. The number of carbonyl (C=O) groups excluding carboxylic acids is 3. The summed E-state index contributed by atoms with van der Waals surface area (Å²) in [6.07, 6.45) is 1.70. The third-order valence-corrected chi connectivity index (χ3v) is 5.55. The zero-order valence-electron chi connectivity index (χ0n) is 15.7. The van der Waals surface area contributed by atoms with E-state index in [2.05, 4.69) is 5.32 Å². The molecule has 2 aromatic carbocycles. The van der Waals surface area contributed by atoms with Crippen LogP contribution in [0.1, 0.15) is 21.7 Å². The number of thioether (sulfide) groups is 1. The van der Waals surface area contributed by atoms with Gasteiger partial charge in [0.2, 0.25) is 0 Å². The molecular formula is C22H18N2O4S. The Hall–Kier alpha value is -3.32. The van der Waals surface area contributed by atoms with Crippen LogP contribution in [0.3, 0.4) is 0 Å². The van der Waals surface area contributed by atoms with Gasteiger partial charge < -0.3 is 9.73 Å². The number of rotatable bonds is 5. The summed E-state index contributed by atoms with van der Waals surface area (Å²) in [5.41, 5.74) is 2.26. The molecule has 0 unspecified atom stereocenters. The summed E-state index contributed by atoms with van der Waals surface area (Å²) in [6.45, 7) is 2.07. The molecule has 0 atom stereocenters. The lowest BCUT2D eigenvalue weighted by atomic mass is 10.1. The van der Waals surface area contributed by atoms with Gasteiger partial charge in [-0.1, -0.05) is 48.5 Å². The minimum atomic E-state index is -0.370. The third kappa shape index (κ3) is 3.82. The van der Waals surface area contributed by atoms with Gasteiger partial charge in [0, 0.05) is 24.0 Å². The maximum absolute atomic E-state index is 12.5. The minimum absolute atomic E-state index is 0.0990. The van der Waals surface area contributed by atoms with Gasteiger partial charge >= 0.3 is 0 Å². The van der Waals surface area contributed by atoms with E-state index >= 15 is 0 Å². The van der Waals surface area contributed by atoms with E-state index in [0.29, 0.717) is 10.5 Å². The van der Waals surface area contributed by atoms with Crippen molar-refractivity contribution in [2.24, 2.45) is 0 Å². The number of benzene rings is 2. The fraction of sp³-hybridized carbons (Fsp3) is 0.136. The Morgan fingerprint density at radius 2 is 1.83 bits per heavy atom. The summed E-state index contributed by atoms with van der Waals surface area (Å²) in [5.74, 6) is -0.479. The molecule has 1 aliphatic rings. The summed E-state index contributed by atoms with van der Waals surface area (Å²) in [6, 6.07) is 16.8. The average molecular weight is 406 g/mol. The minimum Gasteiger partial charge on any atom is -0.451 e. The van der Waals surface area contributed by atoms with E-state index in [4.69, 9.17) is 4.42 Å². The molecule has 6 nitrogen and oxygen atoms in total. The monoisotopic (exact) mass is 406 g/mol. The molecule has 0 radical (unpaired) electrons. The van der Waals surface area contributed by atoms with Gasteiger partial charge in [0.1, 0.15) is 5.58 Å². The molecule has 1 saturated heterocycles. The molecule has 0 spiro atoms. The number of amides is 3. The van der Waals surface area contributed by atoms with Crippen molar-refractivity contribution in [3.8, 4) is 0 Å². The molecule has 1 aliphatic heterocycles. The Balaban J connectivity index is 1.39. The van der Waals surface area contributed by atoms with E-state index in [1.54, 1.807) is 12.1 Å². The number of imide groups is 1. The first-order valence-corrected chi connectivity index (χ1v) is 9.93. The lowest BCUT2D eigenvalue weighted by Gasteiger charge is -2.12. The Kier molecular flexibility index (Phi) is 5.22. The Morgan fingerprint density at radius 3 is 2.59 bits per heavy atom. The number of nitrogens with one attached hydrogen (secondary N) is 1. The highest BCUT2D eigenvalue weighted by Gasteiger charge is 2.34. The second-order valence-electron chi connectivity index (χ2n) is 6.55. The fourth-order valence-electron chi connectivity index (χ4n) is 3.15. The molecule has 0 bridgehead atoms. The number of furan rings is 1. The van der Waals surface area contributed by atoms with Crippen LogP contribution in [0.5, 0.6) is 0 Å². The van der Waals surface area contributed by atoms with Crippen molar-refractivity contribution in [3.05, 3.63) is 76.4 Å². The zero-order chi connectivity index (χ0) is 20.4. The quantitative estimate of drug-likeness (QED) is 0.642. The molecule has 2 heterocycles. The van der Waals surface area contributed by atoms with Gasteiger partial charge in [0.05, 0.1) is 4.91 Å². The first-order chi connectivity index (χ1) is 14.0. The first-order valence-electron chi connectivity index (χ1n) is 9.11. The smallest absolute Gasteiger partial charge is 0.293 e. The van der Waals surface area contributed by atoms with Crippen molar-refractivity contribution in [3.63, 3.8) is 0 Å². The molecular weight excluding hydrogens is 388 g/mol. The van der Waals surface area contributed by atoms with Crippen LogP contribution in [0.4, 0.5) is 4.79 Å². The van der Waals surface area contributed by atoms with E-state index in [-0.39, 0.29) is 35.9 Å². The highest BCUT2D eigenvalue weighted by Crippen LogP contribution is 2.32. The molecule has 1 aromatic heterocycles. The van der Waals surface area contributed by atoms with Crippen LogP contribution in [0.25, 0.3) is 17.0 Å². The predicted molar refractivity (Wildman–Crippen MR) is 112 cm³/mol. The van der Waals surface area contributed by atoms with Gasteiger partial charge in [0.25, 0.3) is 17.1 Å². The first kappa shape index (κ1) is 19.0. The molecule has 0 saturated carbocycles. The van der Waals surface area contributed by atoms with Gasteiger partial charge in [-0.25, -0.2) is 0 Å². The van der Waals surface area contributed by atoms with Crippen molar-refractivity contribution in [2.45, 2.75) is 6.92 Å². The molecule has 1 fully saturated rings. The molecule has 4 rings (SSSR count). The number of para-hydroxylation sites is 1. The van der Waals surface area contributed by atoms with E-state index < -0.39 is 0 Å². The molecule has 1 N–H and O–H groups in total. The van der Waals surface area contributed by atoms with Crippen molar-refractivity contribution in [1.29, 1.82) is 0 Å². The van der Waals surface area contributed by atoms with E-state index in [1.807, 2.05) is 55.5 Å². The Labute approximate surface area is 171 Å². The summed E-state index contributed by atoms with van der Waals surface area (Å²) >= 11 is 0.905. The number of fused-ring (bicyclic) bond motifs is 1. The maximum Gasteiger partial charge on any atom is 0.293 e. The average Bonchev–Trinajstić information content (AvgIpc) is 3.20. The maximum atomic E-state index is 12.5. The highest BCUT2D eigenvalue weighted by molar-refractivity contribution is 8.18. The predicted octanol–water partition coefficient (Wildman–Crippen LogP) is 4.21. The van der Waals surface area contributed by atoms with E-state index in [0.717, 1.165) is 33.2 Å². The second kappa shape index (κ2) is 7.97. The zero-order valence-corrected chi connectivity index (χ0v) is 16.5. The molecule has 3 aromatic rings. The van der Waals surface area contributed by atoms with E-state index in [1.165, 1.54) is 0 Å². The van der Waals surface area contributed by atoms with Crippen LogP contribution in [0.2, 0.25) is 0 Å². The van der Waals surface area contributed by atoms with Crippen LogP contribution in [-0.4, -0.2) is 35.0 Å². The van der Waals surface area contributed by atoms with Crippen molar-refractivity contribution in [2.75, 3.05) is 13.1 Å². The number of aryl methyl sites for hydroxylation is 1. The molecule has 146 valence electrons. The lowest BCUT2D eigenvalue weighted by Crippen LogP contribution is -2.37. The van der Waals surface area contributed by atoms with Crippen LogP contribution >= 0.6 is 11.8 Å². The summed E-state index contributed by atoms with van der Waals surface area (Å²) in [4.78, 5) is 38.7. The Bertz CT molecular complexity index is 1130. The van der Waals surface area contributed by atoms with Crippen molar-refractivity contribution in [1.82, 2.24) is 10.2 Å². The number of hydrogen-bond acceptors (Lipinski definition) is 5.